The lowest BCUT2D eigenvalue weighted by Crippen LogP contribution is -2.30. The molecule has 0 bridgehead atoms. The lowest BCUT2D eigenvalue weighted by molar-refractivity contribution is -0.113. The standard InChI is InChI=1S/C23H24N6OS/c24-15-18-9-11-19(12-10-18)25-22(30)17-31-23-27-26-21(16-28-13-5-2-6-14-28)29(23)20-7-3-1-4-8-20/h1,3-4,7-12H,2,5-6,13-14,16-17H2,(H,25,30). The van der Waals surface area contributed by atoms with Gasteiger partial charge in [-0.2, -0.15) is 5.26 Å². The third-order valence-corrected chi connectivity index (χ3v) is 6.09. The number of hydrogen-bond acceptors (Lipinski definition) is 6. The maximum Gasteiger partial charge on any atom is 0.234 e. The van der Waals surface area contributed by atoms with Gasteiger partial charge >= 0.3 is 0 Å². The minimum Gasteiger partial charge on any atom is -0.325 e. The summed E-state index contributed by atoms with van der Waals surface area (Å²) in [6.45, 7) is 2.91. The number of para-hydroxylation sites is 1. The van der Waals surface area contributed by atoms with Gasteiger partial charge in [-0.15, -0.1) is 10.2 Å². The van der Waals surface area contributed by atoms with Crippen LogP contribution in [0.2, 0.25) is 0 Å². The molecule has 0 spiro atoms. The lowest BCUT2D eigenvalue weighted by Gasteiger charge is -2.26. The Hall–Kier alpha value is -3.15. The molecule has 2 heterocycles. The molecule has 0 radical (unpaired) electrons. The van der Waals surface area contributed by atoms with Crippen molar-refractivity contribution in [1.82, 2.24) is 19.7 Å². The van der Waals surface area contributed by atoms with Gasteiger partial charge in [-0.1, -0.05) is 36.4 Å². The molecule has 1 N–H and O–H groups in total. The van der Waals surface area contributed by atoms with E-state index >= 15 is 0 Å². The second kappa shape index (κ2) is 10.2. The van der Waals surface area contributed by atoms with Crippen LogP contribution in [0.25, 0.3) is 5.69 Å². The zero-order valence-electron chi connectivity index (χ0n) is 17.2. The third-order valence-electron chi connectivity index (χ3n) is 5.16. The molecule has 158 valence electrons. The van der Waals surface area contributed by atoms with Crippen molar-refractivity contribution in [1.29, 1.82) is 5.26 Å². The highest BCUT2D eigenvalue weighted by atomic mass is 32.2. The van der Waals surface area contributed by atoms with Crippen molar-refractivity contribution in [3.05, 3.63) is 66.0 Å². The molecule has 0 saturated carbocycles. The van der Waals surface area contributed by atoms with E-state index in [0.717, 1.165) is 31.1 Å². The van der Waals surface area contributed by atoms with E-state index in [0.29, 0.717) is 16.4 Å². The van der Waals surface area contributed by atoms with Gasteiger partial charge in [0.1, 0.15) is 0 Å². The highest BCUT2D eigenvalue weighted by Crippen LogP contribution is 2.24. The minimum absolute atomic E-state index is 0.130. The van der Waals surface area contributed by atoms with E-state index in [1.54, 1.807) is 24.3 Å². The number of carbonyl (C=O) groups is 1. The Balaban J connectivity index is 1.46. The molecule has 0 atom stereocenters. The molecule has 1 amide bonds. The SMILES string of the molecule is N#Cc1ccc(NC(=O)CSc2nnc(CN3CCCCC3)n2-c2ccccc2)cc1. The number of benzene rings is 2. The van der Waals surface area contributed by atoms with Crippen molar-refractivity contribution < 1.29 is 4.79 Å². The van der Waals surface area contributed by atoms with Crippen LogP contribution in [-0.2, 0) is 11.3 Å². The molecule has 31 heavy (non-hydrogen) atoms. The highest BCUT2D eigenvalue weighted by Gasteiger charge is 2.19. The second-order valence-electron chi connectivity index (χ2n) is 7.43. The van der Waals surface area contributed by atoms with Crippen molar-refractivity contribution in [2.24, 2.45) is 0 Å². The first-order valence-electron chi connectivity index (χ1n) is 10.4. The van der Waals surface area contributed by atoms with Gasteiger partial charge in [-0.25, -0.2) is 0 Å². The fraction of sp³-hybridized carbons (Fsp3) is 0.304. The number of nitriles is 1. The van der Waals surface area contributed by atoms with Gasteiger partial charge in [-0.3, -0.25) is 14.3 Å². The average molecular weight is 433 g/mol. The Morgan fingerprint density at radius 3 is 2.48 bits per heavy atom. The Kier molecular flexibility index (Phi) is 6.97. The summed E-state index contributed by atoms with van der Waals surface area (Å²) in [4.78, 5) is 14.9. The number of nitrogens with zero attached hydrogens (tertiary/aromatic N) is 5. The van der Waals surface area contributed by atoms with E-state index < -0.39 is 0 Å². The van der Waals surface area contributed by atoms with Crippen LogP contribution in [-0.4, -0.2) is 44.4 Å². The zero-order valence-corrected chi connectivity index (χ0v) is 18.0. The number of amides is 1. The van der Waals surface area contributed by atoms with Crippen molar-refractivity contribution in [2.45, 2.75) is 31.0 Å². The smallest absolute Gasteiger partial charge is 0.234 e. The number of anilines is 1. The number of aromatic nitrogens is 3. The van der Waals surface area contributed by atoms with E-state index in [2.05, 4.69) is 26.5 Å². The summed E-state index contributed by atoms with van der Waals surface area (Å²) in [6.07, 6.45) is 3.73. The van der Waals surface area contributed by atoms with Crippen LogP contribution in [0, 0.1) is 11.3 Å². The molecule has 8 heteroatoms. The third kappa shape index (κ3) is 5.51. The van der Waals surface area contributed by atoms with Gasteiger partial charge in [-0.05, 0) is 62.3 Å². The summed E-state index contributed by atoms with van der Waals surface area (Å²) in [6, 6.07) is 18.9. The molecular formula is C23H24N6OS. The van der Waals surface area contributed by atoms with Crippen LogP contribution < -0.4 is 5.32 Å². The lowest BCUT2D eigenvalue weighted by atomic mass is 10.1. The molecule has 0 unspecified atom stereocenters. The summed E-state index contributed by atoms with van der Waals surface area (Å²) in [5.41, 5.74) is 2.22. The Labute approximate surface area is 186 Å². The quantitative estimate of drug-likeness (QED) is 0.571. The molecule has 1 fully saturated rings. The highest BCUT2D eigenvalue weighted by molar-refractivity contribution is 7.99. The maximum absolute atomic E-state index is 12.4. The predicted molar refractivity (Wildman–Crippen MR) is 121 cm³/mol. The summed E-state index contributed by atoms with van der Waals surface area (Å²) in [7, 11) is 0. The molecule has 1 aliphatic rings. The van der Waals surface area contributed by atoms with Gasteiger partial charge in [0.05, 0.1) is 23.9 Å². The summed E-state index contributed by atoms with van der Waals surface area (Å²) in [5, 5.41) is 21.3. The number of thioether (sulfide) groups is 1. The molecular weight excluding hydrogens is 408 g/mol. The number of carbonyl (C=O) groups excluding carboxylic acids is 1. The van der Waals surface area contributed by atoms with Crippen LogP contribution in [0.1, 0.15) is 30.7 Å². The van der Waals surface area contributed by atoms with Crippen LogP contribution in [0.15, 0.2) is 59.8 Å². The van der Waals surface area contributed by atoms with Crippen LogP contribution in [0.4, 0.5) is 5.69 Å². The van der Waals surface area contributed by atoms with Crippen LogP contribution in [0.3, 0.4) is 0 Å². The molecule has 4 rings (SSSR count). The zero-order chi connectivity index (χ0) is 21.5. The fourth-order valence-electron chi connectivity index (χ4n) is 3.61. The normalized spacial score (nSPS) is 14.2. The summed E-state index contributed by atoms with van der Waals surface area (Å²) in [5.74, 6) is 0.979. The maximum atomic E-state index is 12.4. The number of piperidine rings is 1. The minimum atomic E-state index is -0.130. The number of hydrogen-bond donors (Lipinski definition) is 1. The van der Waals surface area contributed by atoms with Crippen LogP contribution >= 0.6 is 11.8 Å². The molecule has 0 aliphatic carbocycles. The second-order valence-corrected chi connectivity index (χ2v) is 8.38. The Morgan fingerprint density at radius 2 is 1.77 bits per heavy atom. The summed E-state index contributed by atoms with van der Waals surface area (Å²) < 4.78 is 2.05. The monoisotopic (exact) mass is 432 g/mol. The topological polar surface area (TPSA) is 86.8 Å². The van der Waals surface area contributed by atoms with Crippen LogP contribution in [0.5, 0.6) is 0 Å². The van der Waals surface area contributed by atoms with Crippen molar-refractivity contribution >= 4 is 23.4 Å². The number of likely N-dealkylation sites (tertiary alicyclic amines) is 1. The van der Waals surface area contributed by atoms with Gasteiger partial charge < -0.3 is 5.32 Å². The predicted octanol–water partition coefficient (Wildman–Crippen LogP) is 3.86. The van der Waals surface area contributed by atoms with Crippen molar-refractivity contribution in [3.63, 3.8) is 0 Å². The fourth-order valence-corrected chi connectivity index (χ4v) is 4.38. The molecule has 3 aromatic rings. The number of rotatable bonds is 7. The van der Waals surface area contributed by atoms with Gasteiger partial charge in [0.15, 0.2) is 11.0 Å². The van der Waals surface area contributed by atoms with E-state index in [9.17, 15) is 4.79 Å². The van der Waals surface area contributed by atoms with E-state index in [4.69, 9.17) is 5.26 Å². The van der Waals surface area contributed by atoms with E-state index in [-0.39, 0.29) is 11.7 Å². The Morgan fingerprint density at radius 1 is 1.03 bits per heavy atom. The van der Waals surface area contributed by atoms with Crippen molar-refractivity contribution in [2.75, 3.05) is 24.2 Å². The molecule has 1 aliphatic heterocycles. The number of nitrogens with one attached hydrogen (secondary N) is 1. The first-order chi connectivity index (χ1) is 15.2. The Bertz CT molecular complexity index is 1050. The van der Waals surface area contributed by atoms with Crippen molar-refractivity contribution in [3.8, 4) is 11.8 Å². The molecule has 2 aromatic carbocycles. The molecule has 7 nitrogen and oxygen atoms in total. The van der Waals surface area contributed by atoms with E-state index in [1.165, 1.54) is 31.0 Å². The van der Waals surface area contributed by atoms with E-state index in [1.807, 2.05) is 34.9 Å². The first kappa shape index (κ1) is 21.1. The first-order valence-corrected chi connectivity index (χ1v) is 11.4. The van der Waals surface area contributed by atoms with Gasteiger partial charge in [0.25, 0.3) is 0 Å². The van der Waals surface area contributed by atoms with Gasteiger partial charge in [0.2, 0.25) is 5.91 Å². The van der Waals surface area contributed by atoms with Gasteiger partial charge in [0, 0.05) is 11.4 Å². The molecule has 1 saturated heterocycles. The largest absolute Gasteiger partial charge is 0.325 e. The molecule has 1 aromatic heterocycles. The summed E-state index contributed by atoms with van der Waals surface area (Å²) >= 11 is 1.37. The average Bonchev–Trinajstić information content (AvgIpc) is 3.22.